The van der Waals surface area contributed by atoms with Gasteiger partial charge >= 0.3 is 0 Å². The summed E-state index contributed by atoms with van der Waals surface area (Å²) in [6.45, 7) is 0.297. The molecule has 1 N–H and O–H groups in total. The Morgan fingerprint density at radius 1 is 1.09 bits per heavy atom. The van der Waals surface area contributed by atoms with Crippen molar-refractivity contribution in [2.75, 3.05) is 11.4 Å². The van der Waals surface area contributed by atoms with Crippen LogP contribution in [0.1, 0.15) is 16.8 Å². The first kappa shape index (κ1) is 15.1. The molecule has 4 nitrogen and oxygen atoms in total. The zero-order valence-electron chi connectivity index (χ0n) is 12.1. The first-order valence-electron chi connectivity index (χ1n) is 7.15. The van der Waals surface area contributed by atoms with Gasteiger partial charge in [0.1, 0.15) is 11.6 Å². The van der Waals surface area contributed by atoms with Crippen molar-refractivity contribution in [2.24, 2.45) is 0 Å². The van der Waals surface area contributed by atoms with Gasteiger partial charge in [-0.25, -0.2) is 8.78 Å². The maximum Gasteiger partial charge on any atom is 0.251 e. The summed E-state index contributed by atoms with van der Waals surface area (Å²) in [5.74, 6) is -1.45. The third-order valence-electron chi connectivity index (χ3n) is 3.69. The Morgan fingerprint density at radius 3 is 2.52 bits per heavy atom. The molecule has 1 aliphatic rings. The maximum atomic E-state index is 13.1. The summed E-state index contributed by atoms with van der Waals surface area (Å²) in [6, 6.07) is 10.6. The molecule has 3 rings (SSSR count). The minimum atomic E-state index is -0.493. The predicted octanol–water partition coefficient (Wildman–Crippen LogP) is 2.50. The molecular formula is C17H14F2N2O2. The summed E-state index contributed by atoms with van der Waals surface area (Å²) >= 11 is 0. The third-order valence-corrected chi connectivity index (χ3v) is 3.69. The molecule has 1 atom stereocenters. The lowest BCUT2D eigenvalue weighted by Gasteiger charge is -2.17. The Kier molecular flexibility index (Phi) is 4.06. The van der Waals surface area contributed by atoms with Crippen molar-refractivity contribution in [3.05, 3.63) is 65.7 Å². The van der Waals surface area contributed by atoms with E-state index in [2.05, 4.69) is 5.32 Å². The van der Waals surface area contributed by atoms with Crippen molar-refractivity contribution < 1.29 is 18.4 Å². The molecule has 0 aliphatic carbocycles. The molecule has 0 aromatic heterocycles. The van der Waals surface area contributed by atoms with Crippen molar-refractivity contribution in [3.8, 4) is 0 Å². The number of carbonyl (C=O) groups excluding carboxylic acids is 2. The van der Waals surface area contributed by atoms with Crippen LogP contribution in [0.5, 0.6) is 0 Å². The number of benzene rings is 2. The Balaban J connectivity index is 1.68. The minimum Gasteiger partial charge on any atom is -0.347 e. The molecule has 118 valence electrons. The average Bonchev–Trinajstić information content (AvgIpc) is 2.88. The monoisotopic (exact) mass is 316 g/mol. The molecule has 2 aromatic carbocycles. The summed E-state index contributed by atoms with van der Waals surface area (Å²) in [6.07, 6.45) is 0.151. The van der Waals surface area contributed by atoms with Crippen LogP contribution in [0.4, 0.5) is 14.5 Å². The Bertz CT molecular complexity index is 747. The van der Waals surface area contributed by atoms with Gasteiger partial charge < -0.3 is 10.2 Å². The van der Waals surface area contributed by atoms with Crippen LogP contribution in [0, 0.1) is 11.6 Å². The van der Waals surface area contributed by atoms with E-state index in [1.807, 2.05) is 0 Å². The van der Waals surface area contributed by atoms with E-state index >= 15 is 0 Å². The fourth-order valence-corrected chi connectivity index (χ4v) is 2.57. The second kappa shape index (κ2) is 6.16. The van der Waals surface area contributed by atoms with Gasteiger partial charge in [0.05, 0.1) is 6.04 Å². The standard InChI is InChI=1S/C17H14F2N2O2/c18-12-4-6-15(7-5-12)21-10-14(9-16(21)22)20-17(23)11-2-1-3-13(19)8-11/h1-8,14H,9-10H2,(H,20,23)/t14-/m1/s1. The second-order valence-electron chi connectivity index (χ2n) is 5.37. The highest BCUT2D eigenvalue weighted by Gasteiger charge is 2.31. The van der Waals surface area contributed by atoms with Crippen LogP contribution in [0.2, 0.25) is 0 Å². The fourth-order valence-electron chi connectivity index (χ4n) is 2.57. The lowest BCUT2D eigenvalue weighted by Crippen LogP contribution is -2.37. The summed E-state index contributed by atoms with van der Waals surface area (Å²) in [4.78, 5) is 25.6. The summed E-state index contributed by atoms with van der Waals surface area (Å²) in [5.41, 5.74) is 0.789. The topological polar surface area (TPSA) is 49.4 Å². The molecule has 2 amide bonds. The van der Waals surface area contributed by atoms with Crippen molar-refractivity contribution in [2.45, 2.75) is 12.5 Å². The first-order chi connectivity index (χ1) is 11.0. The lowest BCUT2D eigenvalue weighted by atomic mass is 10.2. The normalized spacial score (nSPS) is 17.4. The van der Waals surface area contributed by atoms with Gasteiger partial charge in [-0.1, -0.05) is 6.07 Å². The van der Waals surface area contributed by atoms with Gasteiger partial charge in [0.2, 0.25) is 5.91 Å². The number of carbonyl (C=O) groups is 2. The van der Waals surface area contributed by atoms with Crippen LogP contribution in [0.15, 0.2) is 48.5 Å². The van der Waals surface area contributed by atoms with Gasteiger partial charge in [-0.05, 0) is 42.5 Å². The number of hydrogen-bond donors (Lipinski definition) is 1. The summed E-state index contributed by atoms with van der Waals surface area (Å²) in [7, 11) is 0. The molecule has 23 heavy (non-hydrogen) atoms. The van der Waals surface area contributed by atoms with Crippen LogP contribution in [0.25, 0.3) is 0 Å². The van der Waals surface area contributed by atoms with Crippen LogP contribution in [-0.2, 0) is 4.79 Å². The number of anilines is 1. The molecule has 0 saturated carbocycles. The molecule has 1 fully saturated rings. The highest BCUT2D eigenvalue weighted by atomic mass is 19.1. The third kappa shape index (κ3) is 3.36. The van der Waals surface area contributed by atoms with Crippen molar-refractivity contribution in [1.29, 1.82) is 0 Å². The molecule has 0 spiro atoms. The molecule has 1 heterocycles. The smallest absolute Gasteiger partial charge is 0.251 e. The van der Waals surface area contributed by atoms with Crippen molar-refractivity contribution in [1.82, 2.24) is 5.32 Å². The van der Waals surface area contributed by atoms with Crippen LogP contribution >= 0.6 is 0 Å². The molecule has 6 heteroatoms. The second-order valence-corrected chi connectivity index (χ2v) is 5.37. The first-order valence-corrected chi connectivity index (χ1v) is 7.15. The molecular weight excluding hydrogens is 302 g/mol. The Labute approximate surface area is 131 Å². The molecule has 2 aromatic rings. The van der Waals surface area contributed by atoms with Crippen LogP contribution in [0.3, 0.4) is 0 Å². The zero-order valence-corrected chi connectivity index (χ0v) is 12.1. The van der Waals surface area contributed by atoms with Crippen LogP contribution in [-0.4, -0.2) is 24.4 Å². The summed E-state index contributed by atoms with van der Waals surface area (Å²) in [5, 5.41) is 2.72. The highest BCUT2D eigenvalue weighted by Crippen LogP contribution is 2.22. The highest BCUT2D eigenvalue weighted by molar-refractivity contribution is 5.98. The van der Waals surface area contributed by atoms with E-state index in [0.717, 1.165) is 6.07 Å². The minimum absolute atomic E-state index is 0.151. The van der Waals surface area contributed by atoms with Gasteiger partial charge in [-0.2, -0.15) is 0 Å². The molecule has 0 bridgehead atoms. The Morgan fingerprint density at radius 2 is 1.83 bits per heavy atom. The van der Waals surface area contributed by atoms with E-state index in [0.29, 0.717) is 12.2 Å². The molecule has 0 radical (unpaired) electrons. The van der Waals surface area contributed by atoms with E-state index in [9.17, 15) is 18.4 Å². The van der Waals surface area contributed by atoms with Crippen molar-refractivity contribution in [3.63, 3.8) is 0 Å². The van der Waals surface area contributed by atoms with Gasteiger partial charge in [0.25, 0.3) is 5.91 Å². The number of nitrogens with zero attached hydrogens (tertiary/aromatic N) is 1. The number of rotatable bonds is 3. The van der Waals surface area contributed by atoms with Gasteiger partial charge in [-0.3, -0.25) is 9.59 Å². The van der Waals surface area contributed by atoms with Gasteiger partial charge in [-0.15, -0.1) is 0 Å². The summed E-state index contributed by atoms with van der Waals surface area (Å²) < 4.78 is 26.1. The number of halogens is 2. The van der Waals surface area contributed by atoms with Gasteiger partial charge in [0.15, 0.2) is 0 Å². The number of amides is 2. The molecule has 1 aliphatic heterocycles. The van der Waals surface area contributed by atoms with E-state index in [-0.39, 0.29) is 29.8 Å². The number of hydrogen-bond acceptors (Lipinski definition) is 2. The van der Waals surface area contributed by atoms with Crippen molar-refractivity contribution >= 4 is 17.5 Å². The molecule has 0 unspecified atom stereocenters. The maximum absolute atomic E-state index is 13.1. The number of nitrogens with one attached hydrogen (secondary N) is 1. The predicted molar refractivity (Wildman–Crippen MR) is 81.0 cm³/mol. The largest absolute Gasteiger partial charge is 0.347 e. The van der Waals surface area contributed by atoms with E-state index in [1.54, 1.807) is 0 Å². The van der Waals surface area contributed by atoms with Gasteiger partial charge in [0, 0.05) is 24.2 Å². The van der Waals surface area contributed by atoms with Crippen LogP contribution < -0.4 is 10.2 Å². The lowest BCUT2D eigenvalue weighted by molar-refractivity contribution is -0.117. The SMILES string of the molecule is O=C(N[C@@H]1CC(=O)N(c2ccc(F)cc2)C1)c1cccc(F)c1. The average molecular weight is 316 g/mol. The van der Waals surface area contributed by atoms with E-state index in [4.69, 9.17) is 0 Å². The molecule has 1 saturated heterocycles. The zero-order chi connectivity index (χ0) is 16.4. The van der Waals surface area contributed by atoms with E-state index < -0.39 is 11.7 Å². The fraction of sp³-hybridized carbons (Fsp3) is 0.176. The Hall–Kier alpha value is -2.76. The quantitative estimate of drug-likeness (QED) is 0.946. The van der Waals surface area contributed by atoms with E-state index in [1.165, 1.54) is 47.4 Å².